The third-order valence-corrected chi connectivity index (χ3v) is 26.7. The first-order valence-corrected chi connectivity index (χ1v) is 49.8. The normalized spacial score (nSPS) is 23.4. The quantitative estimate of drug-likeness (QED) is 0.0210. The lowest BCUT2D eigenvalue weighted by molar-refractivity contribution is -0.376. The average molecular weight is 1590 g/mol. The van der Waals surface area contributed by atoms with E-state index in [1.807, 2.05) is 7.11 Å². The Morgan fingerprint density at radius 1 is 0.348 bits per heavy atom. The van der Waals surface area contributed by atoms with Gasteiger partial charge in [-0.25, -0.2) is 0 Å². The number of hydrogen-bond donors (Lipinski definition) is 8. The lowest BCUT2D eigenvalue weighted by atomic mass is 9.91. The van der Waals surface area contributed by atoms with Gasteiger partial charge in [-0.15, -0.1) is 0 Å². The van der Waals surface area contributed by atoms with E-state index < -0.39 is 92.6 Å². The first kappa shape index (κ1) is 105. The molecular weight excluding hydrogens is 1400 g/mol. The highest BCUT2D eigenvalue weighted by molar-refractivity contribution is 5.73. The van der Waals surface area contributed by atoms with Crippen molar-refractivity contribution in [2.24, 2.45) is 29.6 Å². The van der Waals surface area contributed by atoms with Crippen LogP contribution in [0.15, 0.2) is 0 Å². The summed E-state index contributed by atoms with van der Waals surface area (Å²) in [5.74, 6) is 2.21. The fraction of sp³-hybridized carbons (Fsp3) is 0.990. The molecule has 0 bridgehead atoms. The van der Waals surface area contributed by atoms with Crippen LogP contribution in [0.5, 0.6) is 0 Å². The molecule has 0 radical (unpaired) electrons. The smallest absolute Gasteiger partial charge is 0.311 e. The summed E-state index contributed by atoms with van der Waals surface area (Å²) in [7, 11) is 1.95. The van der Waals surface area contributed by atoms with Crippen molar-refractivity contribution in [3.8, 4) is 0 Å². The lowest BCUT2D eigenvalue weighted by Crippen LogP contribution is -2.63. The molecule has 112 heavy (non-hydrogen) atoms. The first-order valence-electron chi connectivity index (χ1n) is 49.8. The van der Waals surface area contributed by atoms with Crippen LogP contribution in [0.25, 0.3) is 0 Å². The van der Waals surface area contributed by atoms with Crippen LogP contribution in [0.4, 0.5) is 0 Å². The Morgan fingerprint density at radius 2 is 0.634 bits per heavy atom. The molecule has 1 saturated carbocycles. The van der Waals surface area contributed by atoms with Gasteiger partial charge in [0.25, 0.3) is 0 Å². The maximum Gasteiger partial charge on any atom is 0.311 e. The highest BCUT2D eigenvalue weighted by Crippen LogP contribution is 2.49. The number of rotatable bonds is 84. The second-order valence-corrected chi connectivity index (χ2v) is 36.9. The third kappa shape index (κ3) is 53.6. The topological polar surface area (TPSA) is 225 Å². The van der Waals surface area contributed by atoms with E-state index in [1.54, 1.807) is 0 Å². The summed E-state index contributed by atoms with van der Waals surface area (Å²) in [6, 6.07) is 0. The highest BCUT2D eigenvalue weighted by Gasteiger charge is 2.50. The highest BCUT2D eigenvalue weighted by atomic mass is 16.8. The van der Waals surface area contributed by atoms with E-state index in [1.165, 1.54) is 411 Å². The number of aliphatic hydroxyl groups excluding tert-OH is 8. The summed E-state index contributed by atoms with van der Waals surface area (Å²) < 4.78 is 28.5. The van der Waals surface area contributed by atoms with Crippen molar-refractivity contribution in [3.05, 3.63) is 0 Å². The predicted molar refractivity (Wildman–Crippen MR) is 466 cm³/mol. The Hall–Kier alpha value is -1.01. The fourth-order valence-electron chi connectivity index (χ4n) is 18.6. The Labute approximate surface area is 691 Å². The third-order valence-electron chi connectivity index (χ3n) is 26.7. The Morgan fingerprint density at radius 3 is 0.973 bits per heavy atom. The van der Waals surface area contributed by atoms with Gasteiger partial charge in [0.15, 0.2) is 12.6 Å². The fourth-order valence-corrected chi connectivity index (χ4v) is 18.6. The molecule has 3 rings (SSSR count). The van der Waals surface area contributed by atoms with E-state index in [0.29, 0.717) is 24.9 Å². The van der Waals surface area contributed by atoms with E-state index in [-0.39, 0.29) is 0 Å². The average Bonchev–Trinajstić information content (AvgIpc) is 1.26. The molecule has 2 heterocycles. The number of ether oxygens (including phenoxy) is 5. The van der Waals surface area contributed by atoms with E-state index in [0.717, 1.165) is 62.7 Å². The molecule has 17 atom stereocenters. The molecule has 666 valence electrons. The number of unbranched alkanes of at least 4 members (excludes halogenated alkanes) is 62. The van der Waals surface area contributed by atoms with E-state index in [2.05, 4.69) is 27.7 Å². The number of aliphatic hydroxyl groups is 8. The summed E-state index contributed by atoms with van der Waals surface area (Å²) in [4.78, 5) is 13.9. The summed E-state index contributed by atoms with van der Waals surface area (Å²) in [6.45, 7) is 8.36. The molecule has 14 heteroatoms. The van der Waals surface area contributed by atoms with Crippen molar-refractivity contribution < 1.29 is 69.3 Å². The zero-order valence-corrected chi connectivity index (χ0v) is 74.4. The van der Waals surface area contributed by atoms with Crippen LogP contribution in [-0.2, 0) is 28.5 Å². The predicted octanol–water partition coefficient (Wildman–Crippen LogP) is 25.2. The molecule has 14 nitrogen and oxygen atoms in total. The first-order chi connectivity index (χ1) is 54.8. The molecule has 0 amide bonds. The molecule has 3 fully saturated rings. The SMILES string of the molecule is CCCCCCCCCCCCCCCCCCCCCCCCCCC(C(=O)OCC1OC(OC2OC(CO)C(O)C(O)C2O)C(O)C(O)C1O)C(O)CCCCCCCCCCCCCCCC1CC1C(C)CCCCCCCCCCCCCCCC(OC)C(C)CCCCCCCCCCCCCCCCCC. The zero-order valence-electron chi connectivity index (χ0n) is 74.4. The van der Waals surface area contributed by atoms with E-state index >= 15 is 0 Å². The monoisotopic (exact) mass is 1590 g/mol. The van der Waals surface area contributed by atoms with Crippen LogP contribution in [-0.4, -0.2) is 141 Å². The van der Waals surface area contributed by atoms with Crippen molar-refractivity contribution >= 4 is 5.97 Å². The van der Waals surface area contributed by atoms with Crippen LogP contribution in [0.1, 0.15) is 496 Å². The largest absolute Gasteiger partial charge is 0.463 e. The van der Waals surface area contributed by atoms with Crippen molar-refractivity contribution in [2.75, 3.05) is 20.3 Å². The van der Waals surface area contributed by atoms with Gasteiger partial charge in [0.2, 0.25) is 0 Å². The van der Waals surface area contributed by atoms with Gasteiger partial charge in [-0.1, -0.05) is 464 Å². The van der Waals surface area contributed by atoms with Gasteiger partial charge < -0.3 is 64.5 Å². The van der Waals surface area contributed by atoms with Gasteiger partial charge in [0.05, 0.1) is 24.7 Å². The lowest BCUT2D eigenvalue weighted by Gasteiger charge is -2.44. The maximum absolute atomic E-state index is 13.9. The van der Waals surface area contributed by atoms with E-state index in [4.69, 9.17) is 23.7 Å². The van der Waals surface area contributed by atoms with Crippen molar-refractivity contribution in [1.82, 2.24) is 0 Å². The van der Waals surface area contributed by atoms with Gasteiger partial charge in [0.1, 0.15) is 55.4 Å². The second-order valence-electron chi connectivity index (χ2n) is 36.9. The zero-order chi connectivity index (χ0) is 81.0. The minimum atomic E-state index is -1.83. The van der Waals surface area contributed by atoms with Gasteiger partial charge in [0, 0.05) is 7.11 Å². The van der Waals surface area contributed by atoms with Crippen molar-refractivity contribution in [3.63, 3.8) is 0 Å². The van der Waals surface area contributed by atoms with Gasteiger partial charge in [-0.2, -0.15) is 0 Å². The molecule has 17 unspecified atom stereocenters. The summed E-state index contributed by atoms with van der Waals surface area (Å²) in [5, 5.41) is 84.8. The minimum Gasteiger partial charge on any atom is -0.463 e. The Bertz CT molecular complexity index is 2000. The number of hydrogen-bond acceptors (Lipinski definition) is 14. The number of methoxy groups -OCH3 is 1. The molecule has 2 aliphatic heterocycles. The summed E-state index contributed by atoms with van der Waals surface area (Å²) in [5.41, 5.74) is 0. The molecule has 0 aromatic rings. The molecule has 1 aliphatic carbocycles. The summed E-state index contributed by atoms with van der Waals surface area (Å²) in [6.07, 6.45) is 79.7. The van der Waals surface area contributed by atoms with Crippen LogP contribution in [0.3, 0.4) is 0 Å². The van der Waals surface area contributed by atoms with Crippen LogP contribution >= 0.6 is 0 Å². The van der Waals surface area contributed by atoms with Crippen molar-refractivity contribution in [1.29, 1.82) is 0 Å². The van der Waals surface area contributed by atoms with Crippen LogP contribution in [0, 0.1) is 29.6 Å². The standard InChI is InChI=1S/C98H190O14/c1-6-8-10-12-14-16-18-20-22-24-25-26-27-28-29-30-31-33-39-45-51-57-63-69-75-84(96(107)109-80-89-91(102)93(104)95(106)98(111-89)112-97-94(105)92(103)90(101)88(79-99)110-97)86(100)76-70-64-58-52-46-40-35-38-44-50-56-62-68-74-83-78-85(83)81(3)72-66-60-54-48-42-37-34-41-47-53-59-65-71-77-87(108-5)82(4)73-67-61-55-49-43-36-32-23-21-19-17-15-13-11-9-7-2/h81-95,97-106H,6-80H2,1-5H3. The number of carbonyl (C=O) groups is 1. The van der Waals surface area contributed by atoms with E-state index in [9.17, 15) is 45.6 Å². The molecule has 0 aromatic carbocycles. The van der Waals surface area contributed by atoms with Crippen molar-refractivity contribution in [2.45, 2.75) is 570 Å². The molecule has 8 N–H and O–H groups in total. The molecule has 0 spiro atoms. The Balaban J connectivity index is 1.15. The second kappa shape index (κ2) is 73.9. The van der Waals surface area contributed by atoms with Gasteiger partial charge in [-0.05, 0) is 55.8 Å². The molecular formula is C98H190O14. The summed E-state index contributed by atoms with van der Waals surface area (Å²) >= 11 is 0. The molecule has 0 aromatic heterocycles. The number of esters is 1. The minimum absolute atomic E-state index is 0.450. The van der Waals surface area contributed by atoms with Crippen LogP contribution < -0.4 is 0 Å². The van der Waals surface area contributed by atoms with Gasteiger partial charge >= 0.3 is 5.97 Å². The van der Waals surface area contributed by atoms with Gasteiger partial charge in [-0.3, -0.25) is 4.79 Å². The maximum atomic E-state index is 13.9. The Kier molecular flexibility index (Phi) is 69.4. The number of carbonyl (C=O) groups excluding carboxylic acids is 1. The molecule has 3 aliphatic rings. The molecule has 2 saturated heterocycles. The van der Waals surface area contributed by atoms with Crippen LogP contribution in [0.2, 0.25) is 0 Å².